The van der Waals surface area contributed by atoms with E-state index in [2.05, 4.69) is 92.8 Å². The first-order chi connectivity index (χ1) is 27.8. The van der Waals surface area contributed by atoms with Gasteiger partial charge in [0.15, 0.2) is 6.10 Å². The zero-order chi connectivity index (χ0) is 41.8. The van der Waals surface area contributed by atoms with E-state index >= 15 is 0 Å². The Bertz CT molecular complexity index is 1210. The third-order valence-electron chi connectivity index (χ3n) is 8.77. The summed E-state index contributed by atoms with van der Waals surface area (Å²) in [7, 11) is -4.40. The molecule has 0 aliphatic heterocycles. The summed E-state index contributed by atoms with van der Waals surface area (Å²) < 4.78 is 32.7. The number of hydrogen-bond acceptors (Lipinski definition) is 8. The molecule has 0 rings (SSSR count). The molecule has 0 aromatic heterocycles. The number of rotatable bonds is 40. The van der Waals surface area contributed by atoms with Gasteiger partial charge in [-0.25, -0.2) is 4.57 Å². The van der Waals surface area contributed by atoms with Crippen molar-refractivity contribution < 1.29 is 37.6 Å². The SMILES string of the molecule is CC/C=C\C/C=C\C/C=C\C/C=C\C/C=C\CCCC(=O)OC(COC(=O)CCCCCCCCCCC/C=C\C/C=C\CCCCC)COP(=O)(O)OCCN. The predicted molar refractivity (Wildman–Crippen MR) is 238 cm³/mol. The minimum Gasteiger partial charge on any atom is -0.462 e. The second-order valence-electron chi connectivity index (χ2n) is 14.2. The van der Waals surface area contributed by atoms with Crippen LogP contribution in [0.25, 0.3) is 0 Å². The van der Waals surface area contributed by atoms with E-state index in [-0.39, 0.29) is 32.6 Å². The largest absolute Gasteiger partial charge is 0.472 e. The molecule has 0 aliphatic carbocycles. The first kappa shape index (κ1) is 54.2. The highest BCUT2D eigenvalue weighted by Gasteiger charge is 2.25. The van der Waals surface area contributed by atoms with Crippen LogP contribution in [0, 0.1) is 0 Å². The van der Waals surface area contributed by atoms with Crippen LogP contribution in [0.4, 0.5) is 0 Å². The smallest absolute Gasteiger partial charge is 0.462 e. The lowest BCUT2D eigenvalue weighted by atomic mass is 10.1. The Morgan fingerprint density at radius 2 is 0.982 bits per heavy atom. The number of ether oxygens (including phenoxy) is 2. The minimum absolute atomic E-state index is 0.0394. The van der Waals surface area contributed by atoms with E-state index in [9.17, 15) is 19.0 Å². The summed E-state index contributed by atoms with van der Waals surface area (Å²) in [5.41, 5.74) is 5.34. The molecule has 3 N–H and O–H groups in total. The summed E-state index contributed by atoms with van der Waals surface area (Å²) in [5, 5.41) is 0. The monoisotopic (exact) mass is 818 g/mol. The Morgan fingerprint density at radius 1 is 0.544 bits per heavy atom. The van der Waals surface area contributed by atoms with E-state index in [1.165, 1.54) is 57.8 Å². The number of nitrogens with two attached hydrogens (primary N) is 1. The minimum atomic E-state index is -4.40. The van der Waals surface area contributed by atoms with Gasteiger partial charge in [-0.3, -0.25) is 18.6 Å². The molecular formula is C47H80NO8P. The molecule has 0 aromatic rings. The highest BCUT2D eigenvalue weighted by molar-refractivity contribution is 7.47. The highest BCUT2D eigenvalue weighted by Crippen LogP contribution is 2.43. The van der Waals surface area contributed by atoms with Gasteiger partial charge in [0, 0.05) is 19.4 Å². The number of hydrogen-bond donors (Lipinski definition) is 2. The number of carbonyl (C=O) groups is 2. The molecule has 326 valence electrons. The summed E-state index contributed by atoms with van der Waals surface area (Å²) in [4.78, 5) is 34.9. The molecule has 0 amide bonds. The van der Waals surface area contributed by atoms with Gasteiger partial charge < -0.3 is 20.1 Å². The summed E-state index contributed by atoms with van der Waals surface area (Å²) in [5.74, 6) is -0.908. The first-order valence-electron chi connectivity index (χ1n) is 22.1. The Hall–Kier alpha value is -2.81. The first-order valence-corrected chi connectivity index (χ1v) is 23.6. The molecule has 0 heterocycles. The number of allylic oxidation sites excluding steroid dienone is 14. The molecule has 57 heavy (non-hydrogen) atoms. The Morgan fingerprint density at radius 3 is 1.49 bits per heavy atom. The van der Waals surface area contributed by atoms with E-state index in [0.29, 0.717) is 19.3 Å². The average molecular weight is 818 g/mol. The van der Waals surface area contributed by atoms with Crippen molar-refractivity contribution in [3.8, 4) is 0 Å². The summed E-state index contributed by atoms with van der Waals surface area (Å²) in [6, 6.07) is 0. The van der Waals surface area contributed by atoms with E-state index in [1.54, 1.807) is 0 Å². The van der Waals surface area contributed by atoms with Gasteiger partial charge in [0.25, 0.3) is 0 Å². The number of phosphoric ester groups is 1. The van der Waals surface area contributed by atoms with Crippen molar-refractivity contribution in [1.82, 2.24) is 0 Å². The van der Waals surface area contributed by atoms with Crippen LogP contribution in [0.15, 0.2) is 85.1 Å². The van der Waals surface area contributed by atoms with E-state index in [1.807, 2.05) is 6.08 Å². The molecule has 0 spiro atoms. The van der Waals surface area contributed by atoms with Crippen molar-refractivity contribution in [3.05, 3.63) is 85.1 Å². The molecule has 0 saturated carbocycles. The van der Waals surface area contributed by atoms with Gasteiger partial charge in [0.1, 0.15) is 6.61 Å². The summed E-state index contributed by atoms with van der Waals surface area (Å²) in [6.45, 7) is 3.51. The molecule has 0 radical (unpaired) electrons. The standard InChI is InChI=1S/C47H80NO8P/c1-3-5-7-9-11-13-15-17-19-21-22-24-25-27-29-31-33-35-37-39-46(49)53-43-45(44-55-57(51,52)54-42-41-48)56-47(50)40-38-36-34-32-30-28-26-23-20-18-16-14-12-10-8-6-4-2/h6,8,11-14,17-20,26,28,32,34,45H,3-5,7,9-10,15-16,21-25,27,29-31,33,35-44,48H2,1-2H3,(H,51,52)/b8-6-,13-11-,14-12-,19-17-,20-18-,28-26-,34-32-. The maximum Gasteiger partial charge on any atom is 0.472 e. The Kier molecular flexibility index (Phi) is 40.7. The van der Waals surface area contributed by atoms with Gasteiger partial charge in [-0.05, 0) is 83.5 Å². The number of phosphoric acid groups is 1. The van der Waals surface area contributed by atoms with Crippen molar-refractivity contribution in [2.24, 2.45) is 5.73 Å². The quantitative estimate of drug-likeness (QED) is 0.0268. The summed E-state index contributed by atoms with van der Waals surface area (Å²) in [6.07, 6.45) is 53.3. The van der Waals surface area contributed by atoms with E-state index in [4.69, 9.17) is 24.3 Å². The molecule has 2 atom stereocenters. The van der Waals surface area contributed by atoms with Crippen LogP contribution in [0.5, 0.6) is 0 Å². The van der Waals surface area contributed by atoms with Gasteiger partial charge >= 0.3 is 19.8 Å². The highest BCUT2D eigenvalue weighted by atomic mass is 31.2. The molecule has 9 nitrogen and oxygen atoms in total. The van der Waals surface area contributed by atoms with Gasteiger partial charge in [-0.15, -0.1) is 0 Å². The predicted octanol–water partition coefficient (Wildman–Crippen LogP) is 12.8. The zero-order valence-electron chi connectivity index (χ0n) is 35.8. The second-order valence-corrected chi connectivity index (χ2v) is 15.6. The lowest BCUT2D eigenvalue weighted by molar-refractivity contribution is -0.161. The number of esters is 2. The molecule has 0 fully saturated rings. The molecular weight excluding hydrogens is 737 g/mol. The third kappa shape index (κ3) is 42.6. The normalized spacial score (nSPS) is 14.1. The molecule has 0 aliphatic rings. The zero-order valence-corrected chi connectivity index (χ0v) is 36.7. The number of carbonyl (C=O) groups excluding carboxylic acids is 2. The molecule has 0 bridgehead atoms. The van der Waals surface area contributed by atoms with Crippen molar-refractivity contribution in [3.63, 3.8) is 0 Å². The maximum atomic E-state index is 12.6. The van der Waals surface area contributed by atoms with E-state index in [0.717, 1.165) is 64.2 Å². The number of unbranched alkanes of at least 4 members (excludes halogenated alkanes) is 13. The van der Waals surface area contributed by atoms with Gasteiger partial charge in [0.2, 0.25) is 0 Å². The van der Waals surface area contributed by atoms with Gasteiger partial charge in [-0.2, -0.15) is 0 Å². The van der Waals surface area contributed by atoms with Crippen molar-refractivity contribution in [1.29, 1.82) is 0 Å². The Labute approximate surface area is 347 Å². The van der Waals surface area contributed by atoms with Crippen molar-refractivity contribution in [2.45, 2.75) is 174 Å². The molecule has 0 saturated heterocycles. The second kappa shape index (κ2) is 42.8. The fourth-order valence-corrected chi connectivity index (χ4v) is 6.29. The van der Waals surface area contributed by atoms with Crippen LogP contribution in [0.3, 0.4) is 0 Å². The van der Waals surface area contributed by atoms with E-state index < -0.39 is 32.5 Å². The molecule has 2 unspecified atom stereocenters. The van der Waals surface area contributed by atoms with Crippen molar-refractivity contribution in [2.75, 3.05) is 26.4 Å². The maximum absolute atomic E-state index is 12.6. The fourth-order valence-electron chi connectivity index (χ4n) is 5.52. The average Bonchev–Trinajstić information content (AvgIpc) is 3.20. The summed E-state index contributed by atoms with van der Waals surface area (Å²) >= 11 is 0. The van der Waals surface area contributed by atoms with Crippen molar-refractivity contribution >= 4 is 19.8 Å². The van der Waals surface area contributed by atoms with Crippen LogP contribution < -0.4 is 5.73 Å². The fraction of sp³-hybridized carbons (Fsp3) is 0.660. The molecule has 0 aromatic carbocycles. The van der Waals surface area contributed by atoms with Gasteiger partial charge in [-0.1, -0.05) is 157 Å². The van der Waals surface area contributed by atoms with Crippen LogP contribution in [-0.4, -0.2) is 49.3 Å². The lowest BCUT2D eigenvalue weighted by Crippen LogP contribution is -2.29. The van der Waals surface area contributed by atoms with Crippen LogP contribution in [-0.2, 0) is 32.7 Å². The van der Waals surface area contributed by atoms with Gasteiger partial charge in [0.05, 0.1) is 13.2 Å². The van der Waals surface area contributed by atoms with Crippen LogP contribution in [0.2, 0.25) is 0 Å². The topological polar surface area (TPSA) is 134 Å². The van der Waals surface area contributed by atoms with Crippen LogP contribution >= 0.6 is 7.82 Å². The lowest BCUT2D eigenvalue weighted by Gasteiger charge is -2.19. The third-order valence-corrected chi connectivity index (χ3v) is 9.75. The Balaban J connectivity index is 4.24. The van der Waals surface area contributed by atoms with Crippen LogP contribution in [0.1, 0.15) is 168 Å². The molecule has 10 heteroatoms.